The summed E-state index contributed by atoms with van der Waals surface area (Å²) in [4.78, 5) is 30.8. The van der Waals surface area contributed by atoms with Crippen LogP contribution < -0.4 is 14.8 Å². The molecule has 0 aliphatic carbocycles. The fourth-order valence-electron chi connectivity index (χ4n) is 1.44. The zero-order valence-electron chi connectivity index (χ0n) is 15.1. The van der Waals surface area contributed by atoms with Crippen molar-refractivity contribution in [3.63, 3.8) is 0 Å². The van der Waals surface area contributed by atoms with E-state index in [0.29, 0.717) is 17.2 Å². The molecule has 0 fully saturated rings. The second kappa shape index (κ2) is 9.95. The molecule has 12 heteroatoms. The third kappa shape index (κ3) is 7.84. The molecule has 0 aliphatic rings. The first-order valence-electron chi connectivity index (χ1n) is 7.40. The van der Waals surface area contributed by atoms with Gasteiger partial charge < -0.3 is 14.8 Å². The molecule has 0 bridgehead atoms. The molecule has 1 aromatic rings. The first kappa shape index (κ1) is 25.2. The minimum atomic E-state index is -5.77. The standard InChI is InChI=1S/C12H17NO3.C4F6O2/c1-8(2)12(14)13-10-6-5-9(15-3)7-11(10)16-4;5-3(6,7)1(11)2(12)4(8,9)10/h5-8H,1-4H3,(H,13,14);. The number of Topliss-reactive ketones (excluding diaryl/α,β-unsaturated/α-hetero) is 2. The van der Waals surface area contributed by atoms with Gasteiger partial charge in [-0.3, -0.25) is 14.4 Å². The molecule has 0 atom stereocenters. The lowest BCUT2D eigenvalue weighted by atomic mass is 10.2. The molecule has 0 saturated carbocycles. The maximum Gasteiger partial charge on any atom is 0.458 e. The molecule has 1 rings (SSSR count). The average molecular weight is 417 g/mol. The summed E-state index contributed by atoms with van der Waals surface area (Å²) in [6.45, 7) is 3.68. The van der Waals surface area contributed by atoms with E-state index in [-0.39, 0.29) is 11.8 Å². The van der Waals surface area contributed by atoms with Gasteiger partial charge in [0, 0.05) is 12.0 Å². The van der Waals surface area contributed by atoms with Gasteiger partial charge in [0.1, 0.15) is 11.5 Å². The minimum absolute atomic E-state index is 0.0385. The van der Waals surface area contributed by atoms with Gasteiger partial charge in [-0.1, -0.05) is 13.8 Å². The Labute approximate surface area is 155 Å². The molecule has 0 heterocycles. The first-order chi connectivity index (χ1) is 12.6. The molecule has 0 unspecified atom stereocenters. The summed E-state index contributed by atoms with van der Waals surface area (Å²) in [5.74, 6) is -5.63. The van der Waals surface area contributed by atoms with Crippen molar-refractivity contribution >= 4 is 23.2 Å². The van der Waals surface area contributed by atoms with Crippen LogP contribution in [0.3, 0.4) is 0 Å². The number of amides is 1. The van der Waals surface area contributed by atoms with Crippen LogP contribution in [0.15, 0.2) is 18.2 Å². The molecule has 0 aromatic heterocycles. The molecule has 1 N–H and O–H groups in total. The second-order valence-electron chi connectivity index (χ2n) is 5.36. The topological polar surface area (TPSA) is 81.7 Å². The maximum atomic E-state index is 11.5. The molecule has 28 heavy (non-hydrogen) atoms. The third-order valence-corrected chi connectivity index (χ3v) is 2.91. The summed E-state index contributed by atoms with van der Waals surface area (Å²) in [6, 6.07) is 5.27. The predicted molar refractivity (Wildman–Crippen MR) is 85.1 cm³/mol. The van der Waals surface area contributed by atoms with Gasteiger partial charge in [-0.2, -0.15) is 26.3 Å². The number of carbonyl (C=O) groups is 3. The van der Waals surface area contributed by atoms with Crippen molar-refractivity contribution in [1.82, 2.24) is 0 Å². The number of hydrogen-bond donors (Lipinski definition) is 1. The molecule has 1 amide bonds. The van der Waals surface area contributed by atoms with Crippen molar-refractivity contribution in [2.24, 2.45) is 5.92 Å². The number of ether oxygens (including phenoxy) is 2. The van der Waals surface area contributed by atoms with Crippen LogP contribution in [0, 0.1) is 5.92 Å². The lowest BCUT2D eigenvalue weighted by Gasteiger charge is -2.12. The largest absolute Gasteiger partial charge is 0.497 e. The van der Waals surface area contributed by atoms with E-state index in [9.17, 15) is 40.7 Å². The Morgan fingerprint density at radius 1 is 0.893 bits per heavy atom. The Hall–Kier alpha value is -2.79. The number of benzene rings is 1. The van der Waals surface area contributed by atoms with Crippen LogP contribution in [-0.2, 0) is 14.4 Å². The van der Waals surface area contributed by atoms with Crippen molar-refractivity contribution in [2.75, 3.05) is 19.5 Å². The maximum absolute atomic E-state index is 11.5. The monoisotopic (exact) mass is 417 g/mol. The van der Waals surface area contributed by atoms with Crippen LogP contribution in [0.2, 0.25) is 0 Å². The number of hydrogen-bond acceptors (Lipinski definition) is 5. The van der Waals surface area contributed by atoms with Gasteiger partial charge in [0.05, 0.1) is 19.9 Å². The SMILES string of the molecule is COc1ccc(NC(=O)C(C)C)c(OC)c1.O=C(C(=O)C(F)(F)F)C(F)(F)F. The summed E-state index contributed by atoms with van der Waals surface area (Å²) in [7, 11) is 3.14. The smallest absolute Gasteiger partial charge is 0.458 e. The van der Waals surface area contributed by atoms with Gasteiger partial charge in [0.15, 0.2) is 0 Å². The highest BCUT2D eigenvalue weighted by Gasteiger charge is 2.54. The Kier molecular flexibility index (Phi) is 8.96. The zero-order chi connectivity index (χ0) is 22.3. The fourth-order valence-corrected chi connectivity index (χ4v) is 1.44. The molecule has 0 radical (unpaired) electrons. The summed E-state index contributed by atoms with van der Waals surface area (Å²) in [6.07, 6.45) is -11.5. The van der Waals surface area contributed by atoms with Crippen LogP contribution in [0.25, 0.3) is 0 Å². The Morgan fingerprint density at radius 2 is 1.36 bits per heavy atom. The number of ketones is 2. The Balaban J connectivity index is 0.000000546. The van der Waals surface area contributed by atoms with E-state index in [1.54, 1.807) is 32.4 Å². The Bertz CT molecular complexity index is 688. The number of anilines is 1. The van der Waals surface area contributed by atoms with Crippen molar-refractivity contribution < 1.29 is 50.2 Å². The average Bonchev–Trinajstić information content (AvgIpc) is 2.59. The third-order valence-electron chi connectivity index (χ3n) is 2.91. The number of methoxy groups -OCH3 is 2. The van der Waals surface area contributed by atoms with E-state index >= 15 is 0 Å². The van der Waals surface area contributed by atoms with Gasteiger partial charge in [-0.25, -0.2) is 0 Å². The van der Waals surface area contributed by atoms with Gasteiger partial charge in [-0.15, -0.1) is 0 Å². The summed E-state index contributed by atoms with van der Waals surface area (Å²) < 4.78 is 77.2. The Morgan fingerprint density at radius 3 is 1.68 bits per heavy atom. The first-order valence-corrected chi connectivity index (χ1v) is 7.40. The lowest BCUT2D eigenvalue weighted by molar-refractivity contribution is -0.193. The second-order valence-corrected chi connectivity index (χ2v) is 5.36. The van der Waals surface area contributed by atoms with E-state index in [1.807, 2.05) is 13.8 Å². The highest BCUT2D eigenvalue weighted by atomic mass is 19.4. The molecular weight excluding hydrogens is 400 g/mol. The molecule has 0 spiro atoms. The predicted octanol–water partition coefficient (Wildman–Crippen LogP) is 3.55. The van der Waals surface area contributed by atoms with Crippen LogP contribution in [0.5, 0.6) is 11.5 Å². The van der Waals surface area contributed by atoms with Crippen molar-refractivity contribution in [2.45, 2.75) is 26.2 Å². The van der Waals surface area contributed by atoms with Gasteiger partial charge in [-0.05, 0) is 12.1 Å². The molecule has 0 aliphatic heterocycles. The van der Waals surface area contributed by atoms with Crippen molar-refractivity contribution in [3.8, 4) is 11.5 Å². The highest BCUT2D eigenvalue weighted by Crippen LogP contribution is 2.29. The van der Waals surface area contributed by atoms with E-state index < -0.39 is 23.9 Å². The van der Waals surface area contributed by atoms with Crippen LogP contribution in [0.1, 0.15) is 13.8 Å². The molecule has 6 nitrogen and oxygen atoms in total. The van der Waals surface area contributed by atoms with E-state index in [1.165, 1.54) is 0 Å². The number of carbonyl (C=O) groups excluding carboxylic acids is 3. The van der Waals surface area contributed by atoms with Gasteiger partial charge in [0.25, 0.3) is 0 Å². The van der Waals surface area contributed by atoms with Crippen LogP contribution >= 0.6 is 0 Å². The van der Waals surface area contributed by atoms with Gasteiger partial charge >= 0.3 is 23.9 Å². The van der Waals surface area contributed by atoms with E-state index in [0.717, 1.165) is 0 Å². The summed E-state index contributed by atoms with van der Waals surface area (Å²) in [5.41, 5.74) is 0.655. The quantitative estimate of drug-likeness (QED) is 0.586. The van der Waals surface area contributed by atoms with Crippen molar-refractivity contribution in [3.05, 3.63) is 18.2 Å². The molecule has 0 saturated heterocycles. The van der Waals surface area contributed by atoms with E-state index in [2.05, 4.69) is 5.32 Å². The van der Waals surface area contributed by atoms with Gasteiger partial charge in [0.2, 0.25) is 5.91 Å². The zero-order valence-corrected chi connectivity index (χ0v) is 15.1. The number of halogens is 6. The summed E-state index contributed by atoms with van der Waals surface area (Å²) in [5, 5.41) is 2.79. The van der Waals surface area contributed by atoms with Crippen molar-refractivity contribution in [1.29, 1.82) is 0 Å². The summed E-state index contributed by atoms with van der Waals surface area (Å²) >= 11 is 0. The number of alkyl halides is 6. The lowest BCUT2D eigenvalue weighted by Crippen LogP contribution is -2.39. The fraction of sp³-hybridized carbons (Fsp3) is 0.438. The minimum Gasteiger partial charge on any atom is -0.497 e. The van der Waals surface area contributed by atoms with Crippen LogP contribution in [0.4, 0.5) is 32.0 Å². The van der Waals surface area contributed by atoms with Crippen LogP contribution in [-0.4, -0.2) is 44.0 Å². The number of nitrogens with one attached hydrogen (secondary N) is 1. The van der Waals surface area contributed by atoms with E-state index in [4.69, 9.17) is 9.47 Å². The molecule has 158 valence electrons. The molecular formula is C16H17F6NO5. The highest BCUT2D eigenvalue weighted by molar-refractivity contribution is 6.41. The molecule has 1 aromatic carbocycles. The number of rotatable bonds is 5. The normalized spacial score (nSPS) is 11.2.